The number of aromatic nitrogens is 4. The molecule has 10 nitrogen and oxygen atoms in total. The van der Waals surface area contributed by atoms with E-state index < -0.39 is 23.4 Å². The molecule has 4 N–H and O–H groups in total. The Morgan fingerprint density at radius 2 is 1.13 bits per heavy atom. The molecule has 248 valence electrons. The summed E-state index contributed by atoms with van der Waals surface area (Å²) in [5.74, 6) is 1.33. The highest BCUT2D eigenvalue weighted by Crippen LogP contribution is 2.35. The normalized spacial score (nSPS) is 14.1. The van der Waals surface area contributed by atoms with Gasteiger partial charge in [0.25, 0.3) is 0 Å². The lowest BCUT2D eigenvalue weighted by Crippen LogP contribution is -2.40. The van der Waals surface area contributed by atoms with Gasteiger partial charge in [-0.1, -0.05) is 71.9 Å². The first-order valence-corrected chi connectivity index (χ1v) is 15.7. The SMILES string of the molecule is CC(C)(C)OC(=O)NC(c1nc2ccc(-c3ccc(-c4cnc([C@@H](NC(=O)OC(C)(C)C)C(C)(C)C)[nH]4)cc3)cc2[nH]1)C(C)(C)C. The average molecular weight is 631 g/mol. The van der Waals surface area contributed by atoms with Crippen molar-refractivity contribution < 1.29 is 19.1 Å². The molecule has 2 amide bonds. The van der Waals surface area contributed by atoms with Crippen molar-refractivity contribution in [3.63, 3.8) is 0 Å². The highest BCUT2D eigenvalue weighted by atomic mass is 16.6. The number of nitrogens with zero attached hydrogens (tertiary/aromatic N) is 2. The molecular formula is C36H50N6O4. The van der Waals surface area contributed by atoms with E-state index in [0.717, 1.165) is 33.4 Å². The first-order valence-electron chi connectivity index (χ1n) is 15.7. The van der Waals surface area contributed by atoms with Crippen LogP contribution in [0.15, 0.2) is 48.7 Å². The number of carbonyl (C=O) groups is 2. The molecule has 4 aromatic rings. The van der Waals surface area contributed by atoms with Gasteiger partial charge in [-0.2, -0.15) is 0 Å². The van der Waals surface area contributed by atoms with Crippen molar-refractivity contribution >= 4 is 23.2 Å². The van der Waals surface area contributed by atoms with Crippen LogP contribution in [0.25, 0.3) is 33.4 Å². The van der Waals surface area contributed by atoms with Gasteiger partial charge in [-0.3, -0.25) is 0 Å². The Morgan fingerprint density at radius 1 is 0.652 bits per heavy atom. The number of nitrogens with one attached hydrogen (secondary N) is 4. The minimum atomic E-state index is -0.599. The molecule has 2 aromatic carbocycles. The zero-order chi connectivity index (χ0) is 34.2. The second-order valence-corrected chi connectivity index (χ2v) is 16.0. The third kappa shape index (κ3) is 8.89. The molecule has 0 aliphatic rings. The molecule has 0 fully saturated rings. The lowest BCUT2D eigenvalue weighted by molar-refractivity contribution is 0.0448. The summed E-state index contributed by atoms with van der Waals surface area (Å²) in [6, 6.07) is 13.6. The fraction of sp³-hybridized carbons (Fsp3) is 0.500. The number of ether oxygens (including phenoxy) is 2. The van der Waals surface area contributed by atoms with Crippen LogP contribution >= 0.6 is 0 Å². The van der Waals surface area contributed by atoms with Crippen molar-refractivity contribution in [3.8, 4) is 22.4 Å². The summed E-state index contributed by atoms with van der Waals surface area (Å²) in [5, 5.41) is 5.99. The highest BCUT2D eigenvalue weighted by Gasteiger charge is 2.33. The molecule has 0 aliphatic carbocycles. The van der Waals surface area contributed by atoms with Crippen LogP contribution in [0, 0.1) is 10.8 Å². The van der Waals surface area contributed by atoms with Crippen LogP contribution in [-0.4, -0.2) is 43.3 Å². The third-order valence-electron chi connectivity index (χ3n) is 7.23. The number of H-pyrrole nitrogens is 2. The fourth-order valence-corrected chi connectivity index (χ4v) is 5.06. The van der Waals surface area contributed by atoms with E-state index >= 15 is 0 Å². The summed E-state index contributed by atoms with van der Waals surface area (Å²) in [6.07, 6.45) is 0.824. The molecule has 2 aromatic heterocycles. The largest absolute Gasteiger partial charge is 0.444 e. The molecule has 4 rings (SSSR count). The molecule has 10 heteroatoms. The van der Waals surface area contributed by atoms with Gasteiger partial charge in [0.2, 0.25) is 0 Å². The highest BCUT2D eigenvalue weighted by molar-refractivity contribution is 5.82. The zero-order valence-corrected chi connectivity index (χ0v) is 29.3. The predicted molar refractivity (Wildman–Crippen MR) is 182 cm³/mol. The number of imidazole rings is 2. The molecule has 0 bridgehead atoms. The number of amides is 2. The van der Waals surface area contributed by atoms with E-state index in [0.29, 0.717) is 11.6 Å². The average Bonchev–Trinajstić information content (AvgIpc) is 3.54. The number of benzene rings is 2. The Hall–Kier alpha value is -4.34. The second-order valence-electron chi connectivity index (χ2n) is 16.0. The van der Waals surface area contributed by atoms with Crippen LogP contribution in [0.1, 0.15) is 107 Å². The van der Waals surface area contributed by atoms with Crippen molar-refractivity contribution in [2.75, 3.05) is 0 Å². The van der Waals surface area contributed by atoms with Crippen molar-refractivity contribution in [2.24, 2.45) is 10.8 Å². The molecule has 0 saturated heterocycles. The van der Waals surface area contributed by atoms with Crippen molar-refractivity contribution in [1.82, 2.24) is 30.6 Å². The van der Waals surface area contributed by atoms with Gasteiger partial charge < -0.3 is 30.1 Å². The predicted octanol–water partition coefficient (Wildman–Crippen LogP) is 8.84. The summed E-state index contributed by atoms with van der Waals surface area (Å²) < 4.78 is 11.0. The van der Waals surface area contributed by atoms with Gasteiger partial charge in [-0.15, -0.1) is 0 Å². The van der Waals surface area contributed by atoms with Crippen molar-refractivity contribution in [2.45, 2.75) is 106 Å². The molecule has 0 aliphatic heterocycles. The number of hydrogen-bond donors (Lipinski definition) is 4. The van der Waals surface area contributed by atoms with Crippen LogP contribution in [-0.2, 0) is 9.47 Å². The number of hydrogen-bond acceptors (Lipinski definition) is 6. The van der Waals surface area contributed by atoms with Gasteiger partial charge in [-0.25, -0.2) is 19.6 Å². The summed E-state index contributed by atoms with van der Waals surface area (Å²) >= 11 is 0. The molecular weight excluding hydrogens is 580 g/mol. The minimum absolute atomic E-state index is 0.306. The fourth-order valence-electron chi connectivity index (χ4n) is 5.06. The Kier molecular flexibility index (Phi) is 9.35. The first kappa shape index (κ1) is 34.5. The van der Waals surface area contributed by atoms with E-state index in [1.54, 1.807) is 6.20 Å². The Bertz CT molecular complexity index is 1670. The molecule has 2 atom stereocenters. The number of fused-ring (bicyclic) bond motifs is 1. The van der Waals surface area contributed by atoms with Crippen molar-refractivity contribution in [3.05, 3.63) is 60.3 Å². The van der Waals surface area contributed by atoms with Gasteiger partial charge in [0.15, 0.2) is 0 Å². The zero-order valence-electron chi connectivity index (χ0n) is 29.3. The molecule has 46 heavy (non-hydrogen) atoms. The van der Waals surface area contributed by atoms with Gasteiger partial charge in [-0.05, 0) is 81.2 Å². The van der Waals surface area contributed by atoms with Crippen LogP contribution in [0.4, 0.5) is 9.59 Å². The van der Waals surface area contributed by atoms with Gasteiger partial charge >= 0.3 is 12.2 Å². The topological polar surface area (TPSA) is 134 Å². The van der Waals surface area contributed by atoms with Gasteiger partial charge in [0.05, 0.1) is 35.0 Å². The van der Waals surface area contributed by atoms with Crippen LogP contribution in [0.5, 0.6) is 0 Å². The van der Waals surface area contributed by atoms with E-state index in [-0.39, 0.29) is 22.9 Å². The third-order valence-corrected chi connectivity index (χ3v) is 7.23. The summed E-state index contributed by atoms with van der Waals surface area (Å²) in [4.78, 5) is 41.5. The lowest BCUT2D eigenvalue weighted by Gasteiger charge is -2.31. The Morgan fingerprint density at radius 3 is 1.63 bits per heavy atom. The maximum absolute atomic E-state index is 12.6. The van der Waals surface area contributed by atoms with Crippen LogP contribution < -0.4 is 10.6 Å². The maximum Gasteiger partial charge on any atom is 0.408 e. The number of aromatic amines is 2. The number of carbonyl (C=O) groups excluding carboxylic acids is 2. The van der Waals surface area contributed by atoms with E-state index in [2.05, 4.69) is 64.6 Å². The van der Waals surface area contributed by atoms with Gasteiger partial charge in [0.1, 0.15) is 22.9 Å². The van der Waals surface area contributed by atoms with Gasteiger partial charge in [0, 0.05) is 0 Å². The van der Waals surface area contributed by atoms with E-state index in [1.807, 2.05) is 86.6 Å². The first-order chi connectivity index (χ1) is 21.1. The number of alkyl carbamates (subject to hydrolysis) is 2. The summed E-state index contributed by atoms with van der Waals surface area (Å²) in [5.41, 5.74) is 3.77. The van der Waals surface area contributed by atoms with E-state index in [9.17, 15) is 9.59 Å². The van der Waals surface area contributed by atoms with Crippen LogP contribution in [0.2, 0.25) is 0 Å². The molecule has 0 saturated carbocycles. The smallest absolute Gasteiger partial charge is 0.408 e. The maximum atomic E-state index is 12.6. The van der Waals surface area contributed by atoms with Crippen LogP contribution in [0.3, 0.4) is 0 Å². The molecule has 0 spiro atoms. The van der Waals surface area contributed by atoms with E-state index in [4.69, 9.17) is 14.5 Å². The molecule has 1 unspecified atom stereocenters. The number of rotatable bonds is 6. The monoisotopic (exact) mass is 630 g/mol. The molecule has 0 radical (unpaired) electrons. The quantitative estimate of drug-likeness (QED) is 0.168. The standard InChI is InChI=1S/C36H50N6O4/c1-33(2,3)27(41-31(43)45-35(7,8)9)29-37-20-26(40-29)22-15-13-21(14-16-22)23-17-18-24-25(19-23)39-30(38-24)28(34(4,5)6)42-32(44)46-36(10,11)12/h13-20,27-28H,1-12H3,(H,37,40)(H,38,39)(H,41,43)(H,42,44)/t27-,28?/m1/s1. The Balaban J connectivity index is 1.55. The second kappa shape index (κ2) is 12.5. The van der Waals surface area contributed by atoms with Crippen molar-refractivity contribution in [1.29, 1.82) is 0 Å². The summed E-state index contributed by atoms with van der Waals surface area (Å²) in [6.45, 7) is 23.4. The molecule has 2 heterocycles. The summed E-state index contributed by atoms with van der Waals surface area (Å²) in [7, 11) is 0. The van der Waals surface area contributed by atoms with E-state index in [1.165, 1.54) is 0 Å². The Labute approximate surface area is 272 Å². The minimum Gasteiger partial charge on any atom is -0.444 e. The lowest BCUT2D eigenvalue weighted by atomic mass is 9.86.